The Labute approximate surface area is 188 Å². The van der Waals surface area contributed by atoms with Gasteiger partial charge in [-0.05, 0) is 53.8 Å². The van der Waals surface area contributed by atoms with Gasteiger partial charge in [0.05, 0.1) is 18.1 Å². The molecule has 1 aliphatic heterocycles. The SMILES string of the molecule is Cc1ccc(C(C)C)c(OCCCOc2ccc(/C=C3\SC(=S)N(C)C3=O)cc2)c1. The maximum Gasteiger partial charge on any atom is 0.265 e. The molecule has 0 saturated carbocycles. The van der Waals surface area contributed by atoms with Crippen molar-refractivity contribution >= 4 is 40.3 Å². The van der Waals surface area contributed by atoms with Crippen molar-refractivity contribution in [3.8, 4) is 11.5 Å². The second-order valence-electron chi connectivity index (χ2n) is 7.56. The van der Waals surface area contributed by atoms with E-state index < -0.39 is 0 Å². The number of thioether (sulfide) groups is 1. The lowest BCUT2D eigenvalue weighted by Gasteiger charge is -2.15. The highest BCUT2D eigenvalue weighted by atomic mass is 32.2. The molecule has 3 rings (SSSR count). The molecule has 1 heterocycles. The molecule has 0 N–H and O–H groups in total. The van der Waals surface area contributed by atoms with Crippen molar-refractivity contribution in [1.29, 1.82) is 0 Å². The zero-order chi connectivity index (χ0) is 21.7. The molecule has 0 unspecified atom stereocenters. The van der Waals surface area contributed by atoms with Gasteiger partial charge in [-0.2, -0.15) is 0 Å². The Morgan fingerprint density at radius 3 is 2.43 bits per heavy atom. The van der Waals surface area contributed by atoms with E-state index in [0.717, 1.165) is 23.5 Å². The van der Waals surface area contributed by atoms with Crippen molar-refractivity contribution in [3.63, 3.8) is 0 Å². The van der Waals surface area contributed by atoms with Crippen molar-refractivity contribution in [2.75, 3.05) is 20.3 Å². The summed E-state index contributed by atoms with van der Waals surface area (Å²) in [5.41, 5.74) is 3.38. The number of hydrogen-bond donors (Lipinski definition) is 0. The Balaban J connectivity index is 1.47. The molecule has 0 bridgehead atoms. The van der Waals surface area contributed by atoms with E-state index in [-0.39, 0.29) is 5.91 Å². The van der Waals surface area contributed by atoms with Crippen LogP contribution in [0.15, 0.2) is 47.4 Å². The standard InChI is InChI=1S/C24H27NO3S2/c1-16(2)20-11-6-17(3)14-21(20)28-13-5-12-27-19-9-7-18(8-10-19)15-22-23(26)25(4)24(29)30-22/h6-11,14-16H,5,12-13H2,1-4H3/b22-15-. The normalized spacial score (nSPS) is 15.4. The molecule has 1 amide bonds. The summed E-state index contributed by atoms with van der Waals surface area (Å²) in [6.07, 6.45) is 2.65. The summed E-state index contributed by atoms with van der Waals surface area (Å²) >= 11 is 6.48. The van der Waals surface area contributed by atoms with E-state index in [9.17, 15) is 4.79 Å². The first-order valence-electron chi connectivity index (χ1n) is 10.0. The highest BCUT2D eigenvalue weighted by Gasteiger charge is 2.28. The molecule has 6 heteroatoms. The molecule has 0 aliphatic carbocycles. The Kier molecular flexibility index (Phi) is 7.56. The predicted molar refractivity (Wildman–Crippen MR) is 128 cm³/mol. The molecule has 2 aromatic rings. The average molecular weight is 442 g/mol. The summed E-state index contributed by atoms with van der Waals surface area (Å²) in [6.45, 7) is 7.62. The van der Waals surface area contributed by atoms with Crippen LogP contribution in [-0.4, -0.2) is 35.4 Å². The Morgan fingerprint density at radius 2 is 1.80 bits per heavy atom. The van der Waals surface area contributed by atoms with Crippen LogP contribution in [-0.2, 0) is 4.79 Å². The Bertz CT molecular complexity index is 951. The van der Waals surface area contributed by atoms with Gasteiger partial charge in [0.25, 0.3) is 5.91 Å². The van der Waals surface area contributed by atoms with Crippen LogP contribution in [0, 0.1) is 6.92 Å². The second kappa shape index (κ2) is 10.1. The van der Waals surface area contributed by atoms with Crippen LogP contribution in [0.25, 0.3) is 6.08 Å². The first-order chi connectivity index (χ1) is 14.3. The number of amides is 1. The largest absolute Gasteiger partial charge is 0.493 e. The number of likely N-dealkylation sites (N-methyl/N-ethyl adjacent to an activating group) is 1. The maximum absolute atomic E-state index is 12.1. The minimum atomic E-state index is -0.0560. The fraction of sp³-hybridized carbons (Fsp3) is 0.333. The van der Waals surface area contributed by atoms with E-state index in [2.05, 4.69) is 39.0 Å². The van der Waals surface area contributed by atoms with Crippen LogP contribution in [0.2, 0.25) is 0 Å². The summed E-state index contributed by atoms with van der Waals surface area (Å²) in [6, 6.07) is 14.1. The lowest BCUT2D eigenvalue weighted by atomic mass is 10.0. The van der Waals surface area contributed by atoms with E-state index in [1.807, 2.05) is 30.3 Å². The fourth-order valence-electron chi connectivity index (χ4n) is 3.03. The minimum absolute atomic E-state index is 0.0560. The Hall–Kier alpha value is -2.31. The number of aryl methyl sites for hydroxylation is 1. The molecular formula is C24H27NO3S2. The van der Waals surface area contributed by atoms with Crippen LogP contribution in [0.5, 0.6) is 11.5 Å². The van der Waals surface area contributed by atoms with Gasteiger partial charge < -0.3 is 9.47 Å². The quantitative estimate of drug-likeness (QED) is 0.294. The third-order valence-electron chi connectivity index (χ3n) is 4.77. The third-order valence-corrected chi connectivity index (χ3v) is 6.26. The van der Waals surface area contributed by atoms with Gasteiger partial charge in [-0.15, -0.1) is 0 Å². The first kappa shape index (κ1) is 22.4. The number of rotatable bonds is 8. The van der Waals surface area contributed by atoms with Gasteiger partial charge in [-0.25, -0.2) is 0 Å². The lowest BCUT2D eigenvalue weighted by molar-refractivity contribution is -0.121. The molecule has 1 fully saturated rings. The van der Waals surface area contributed by atoms with Crippen molar-refractivity contribution in [1.82, 2.24) is 4.90 Å². The molecule has 30 heavy (non-hydrogen) atoms. The van der Waals surface area contributed by atoms with Crippen molar-refractivity contribution < 1.29 is 14.3 Å². The molecule has 1 aliphatic rings. The summed E-state index contributed by atoms with van der Waals surface area (Å²) in [7, 11) is 1.70. The van der Waals surface area contributed by atoms with Crippen molar-refractivity contribution in [2.24, 2.45) is 0 Å². The third kappa shape index (κ3) is 5.64. The number of ether oxygens (including phenoxy) is 2. The predicted octanol–water partition coefficient (Wildman–Crippen LogP) is 5.80. The first-order valence-corrected chi connectivity index (χ1v) is 11.3. The zero-order valence-electron chi connectivity index (χ0n) is 17.8. The van der Waals surface area contributed by atoms with Crippen LogP contribution in [0.1, 0.15) is 42.9 Å². The van der Waals surface area contributed by atoms with Crippen molar-refractivity contribution in [3.05, 3.63) is 64.1 Å². The highest BCUT2D eigenvalue weighted by molar-refractivity contribution is 8.26. The molecule has 0 radical (unpaired) electrons. The van der Waals surface area contributed by atoms with Gasteiger partial charge in [0.15, 0.2) is 0 Å². The summed E-state index contributed by atoms with van der Waals surface area (Å²) in [5, 5.41) is 0. The highest BCUT2D eigenvalue weighted by Crippen LogP contribution is 2.31. The lowest BCUT2D eigenvalue weighted by Crippen LogP contribution is -2.22. The van der Waals surface area contributed by atoms with Crippen LogP contribution < -0.4 is 9.47 Å². The van der Waals surface area contributed by atoms with E-state index in [4.69, 9.17) is 21.7 Å². The molecule has 2 aromatic carbocycles. The number of carbonyl (C=O) groups is 1. The van der Waals surface area contributed by atoms with E-state index in [0.29, 0.717) is 28.4 Å². The summed E-state index contributed by atoms with van der Waals surface area (Å²) in [4.78, 5) is 14.2. The van der Waals surface area contributed by atoms with Gasteiger partial charge in [-0.1, -0.05) is 62.1 Å². The van der Waals surface area contributed by atoms with Crippen LogP contribution in [0.3, 0.4) is 0 Å². The number of hydrogen-bond acceptors (Lipinski definition) is 5. The number of carbonyl (C=O) groups excluding carboxylic acids is 1. The van der Waals surface area contributed by atoms with E-state index in [1.54, 1.807) is 7.05 Å². The van der Waals surface area contributed by atoms with Gasteiger partial charge in [0, 0.05) is 13.5 Å². The van der Waals surface area contributed by atoms with Gasteiger partial charge in [0.1, 0.15) is 15.8 Å². The van der Waals surface area contributed by atoms with Crippen LogP contribution >= 0.6 is 24.0 Å². The van der Waals surface area contributed by atoms with Gasteiger partial charge in [0.2, 0.25) is 0 Å². The molecule has 0 aromatic heterocycles. The van der Waals surface area contributed by atoms with E-state index in [1.165, 1.54) is 27.8 Å². The second-order valence-corrected chi connectivity index (χ2v) is 9.23. The fourth-order valence-corrected chi connectivity index (χ4v) is 4.21. The number of benzene rings is 2. The molecular weight excluding hydrogens is 414 g/mol. The summed E-state index contributed by atoms with van der Waals surface area (Å²) in [5.74, 6) is 2.14. The van der Waals surface area contributed by atoms with E-state index >= 15 is 0 Å². The Morgan fingerprint density at radius 1 is 1.10 bits per heavy atom. The summed E-state index contributed by atoms with van der Waals surface area (Å²) < 4.78 is 12.4. The van der Waals surface area contributed by atoms with Gasteiger partial charge >= 0.3 is 0 Å². The smallest absolute Gasteiger partial charge is 0.265 e. The molecule has 1 saturated heterocycles. The molecule has 0 atom stereocenters. The maximum atomic E-state index is 12.1. The van der Waals surface area contributed by atoms with Gasteiger partial charge in [-0.3, -0.25) is 9.69 Å². The van der Waals surface area contributed by atoms with Crippen molar-refractivity contribution in [2.45, 2.75) is 33.1 Å². The monoisotopic (exact) mass is 441 g/mol. The van der Waals surface area contributed by atoms with Crippen LogP contribution in [0.4, 0.5) is 0 Å². The molecule has 4 nitrogen and oxygen atoms in total. The molecule has 158 valence electrons. The minimum Gasteiger partial charge on any atom is -0.493 e. The number of thiocarbonyl (C=S) groups is 1. The molecule has 0 spiro atoms. The zero-order valence-corrected chi connectivity index (χ0v) is 19.4. The topological polar surface area (TPSA) is 38.8 Å². The average Bonchev–Trinajstić information content (AvgIpc) is 2.95. The number of nitrogens with zero attached hydrogens (tertiary/aromatic N) is 1.